The van der Waals surface area contributed by atoms with Crippen molar-refractivity contribution in [3.8, 4) is 22.3 Å². The maximum Gasteiger partial charge on any atom is 0.0355 e. The van der Waals surface area contributed by atoms with Crippen LogP contribution in [0.3, 0.4) is 0 Å². The average Bonchev–Trinajstić information content (AvgIpc) is 3.53. The molecular weight excluding hydrogens is 609 g/mol. The summed E-state index contributed by atoms with van der Waals surface area (Å²) in [5, 5.41) is 18.1. The van der Waals surface area contributed by atoms with Crippen LogP contribution in [0.5, 0.6) is 0 Å². The molecule has 0 fully saturated rings. The lowest BCUT2D eigenvalue weighted by Gasteiger charge is -2.15. The van der Waals surface area contributed by atoms with E-state index < -0.39 is 0 Å². The van der Waals surface area contributed by atoms with E-state index in [4.69, 9.17) is 0 Å². The van der Waals surface area contributed by atoms with E-state index in [1.807, 2.05) is 11.3 Å². The molecule has 0 atom stereocenters. The first kappa shape index (κ1) is 27.0. The number of thiophene rings is 1. The molecule has 0 spiro atoms. The normalized spacial score (nSPS) is 12.1. The van der Waals surface area contributed by atoms with Crippen LogP contribution in [0.1, 0.15) is 0 Å². The molecule has 0 unspecified atom stereocenters. The van der Waals surface area contributed by atoms with Crippen molar-refractivity contribution in [3.05, 3.63) is 170 Å². The predicted octanol–water partition coefficient (Wildman–Crippen LogP) is 14.3. The van der Waals surface area contributed by atoms with Crippen LogP contribution in [0.2, 0.25) is 0 Å². The second-order valence-corrected chi connectivity index (χ2v) is 14.3. The Balaban J connectivity index is 1.19. The molecule has 0 N–H and O–H groups in total. The highest BCUT2D eigenvalue weighted by Crippen LogP contribution is 2.45. The fraction of sp³-hybridized carbons (Fsp3) is 0. The van der Waals surface area contributed by atoms with Crippen LogP contribution in [-0.4, -0.2) is 0 Å². The standard InChI is InChI=1S/C48H28S/c1-5-13-35-29(9-1)17-21-39-41(35)25-31-11-3-7-15-37(31)47(39)33-19-23-45-43(27-33)44-28-34(20-24-46(44)49-45)48-38-16-8-4-12-32(38)26-42-36-14-6-2-10-30(36)18-22-40(42)48/h1-28H. The van der Waals surface area contributed by atoms with Gasteiger partial charge in [-0.2, -0.15) is 0 Å². The van der Waals surface area contributed by atoms with E-state index in [9.17, 15) is 0 Å². The molecule has 10 aromatic carbocycles. The Morgan fingerprint density at radius 1 is 0.245 bits per heavy atom. The fourth-order valence-electron chi connectivity index (χ4n) is 8.35. The van der Waals surface area contributed by atoms with E-state index >= 15 is 0 Å². The largest absolute Gasteiger partial charge is 0.135 e. The quantitative estimate of drug-likeness (QED) is 0.131. The number of hydrogen-bond donors (Lipinski definition) is 0. The Bertz CT molecular complexity index is 2950. The van der Waals surface area contributed by atoms with Gasteiger partial charge in [-0.1, -0.05) is 133 Å². The zero-order chi connectivity index (χ0) is 32.1. The minimum absolute atomic E-state index is 1.26. The third kappa shape index (κ3) is 3.97. The van der Waals surface area contributed by atoms with Gasteiger partial charge in [-0.15, -0.1) is 11.3 Å². The number of rotatable bonds is 2. The third-order valence-corrected chi connectivity index (χ3v) is 11.7. The van der Waals surface area contributed by atoms with Crippen molar-refractivity contribution in [2.24, 2.45) is 0 Å². The molecule has 0 nitrogen and oxygen atoms in total. The van der Waals surface area contributed by atoms with E-state index in [2.05, 4.69) is 170 Å². The van der Waals surface area contributed by atoms with Crippen molar-refractivity contribution in [1.82, 2.24) is 0 Å². The summed E-state index contributed by atoms with van der Waals surface area (Å²) in [6.07, 6.45) is 0. The van der Waals surface area contributed by atoms with Gasteiger partial charge >= 0.3 is 0 Å². The molecule has 1 heteroatoms. The fourth-order valence-corrected chi connectivity index (χ4v) is 9.42. The summed E-state index contributed by atoms with van der Waals surface area (Å²) in [6.45, 7) is 0. The van der Waals surface area contributed by atoms with Gasteiger partial charge < -0.3 is 0 Å². The van der Waals surface area contributed by atoms with Gasteiger partial charge in [0.05, 0.1) is 0 Å². The third-order valence-electron chi connectivity index (χ3n) is 10.6. The monoisotopic (exact) mass is 636 g/mol. The van der Waals surface area contributed by atoms with Gasteiger partial charge in [0.1, 0.15) is 0 Å². The van der Waals surface area contributed by atoms with Crippen LogP contribution in [0, 0.1) is 0 Å². The van der Waals surface area contributed by atoms with E-state index in [0.29, 0.717) is 0 Å². The molecule has 0 aliphatic heterocycles. The van der Waals surface area contributed by atoms with E-state index in [-0.39, 0.29) is 0 Å². The molecule has 0 saturated carbocycles. The van der Waals surface area contributed by atoms with E-state index in [0.717, 1.165) is 0 Å². The van der Waals surface area contributed by atoms with Crippen LogP contribution in [-0.2, 0) is 0 Å². The number of fused-ring (bicyclic) bond motifs is 11. The molecule has 0 aliphatic carbocycles. The molecule has 1 aromatic heterocycles. The molecule has 1 heterocycles. The van der Waals surface area contributed by atoms with Gasteiger partial charge in [-0.25, -0.2) is 0 Å². The smallest absolute Gasteiger partial charge is 0.0355 e. The summed E-state index contributed by atoms with van der Waals surface area (Å²) in [5.74, 6) is 0. The van der Waals surface area contributed by atoms with Gasteiger partial charge in [0.2, 0.25) is 0 Å². The molecule has 0 aliphatic rings. The SMILES string of the molecule is c1ccc2c(-c3ccc4sc5ccc(-c6c7ccccc7cc7c6ccc6ccccc67)cc5c4c3)c3ccc4ccccc4c3cc2c1. The Hall–Kier alpha value is -6.02. The summed E-state index contributed by atoms with van der Waals surface area (Å²) in [5.41, 5.74) is 5.14. The average molecular weight is 637 g/mol. The summed E-state index contributed by atoms with van der Waals surface area (Å²) >= 11 is 1.89. The molecular formula is C48H28S. The first-order valence-electron chi connectivity index (χ1n) is 16.9. The molecule has 11 rings (SSSR count). The summed E-state index contributed by atoms with van der Waals surface area (Å²) < 4.78 is 2.64. The summed E-state index contributed by atoms with van der Waals surface area (Å²) in [6, 6.07) is 63.4. The lowest BCUT2D eigenvalue weighted by atomic mass is 9.88. The molecule has 0 bridgehead atoms. The van der Waals surface area contributed by atoms with Gasteiger partial charge in [-0.05, 0) is 123 Å². The Morgan fingerprint density at radius 2 is 0.653 bits per heavy atom. The number of hydrogen-bond acceptors (Lipinski definition) is 1. The van der Waals surface area contributed by atoms with Crippen molar-refractivity contribution in [2.45, 2.75) is 0 Å². The molecule has 0 amide bonds. The van der Waals surface area contributed by atoms with Crippen molar-refractivity contribution >= 4 is 96.1 Å². The van der Waals surface area contributed by atoms with Crippen LogP contribution in [0.4, 0.5) is 0 Å². The van der Waals surface area contributed by atoms with E-state index in [1.165, 1.54) is 107 Å². The molecule has 0 radical (unpaired) electrons. The Morgan fingerprint density at radius 3 is 1.12 bits per heavy atom. The summed E-state index contributed by atoms with van der Waals surface area (Å²) in [7, 11) is 0. The van der Waals surface area contributed by atoms with Crippen LogP contribution < -0.4 is 0 Å². The maximum absolute atomic E-state index is 2.45. The summed E-state index contributed by atoms with van der Waals surface area (Å²) in [4.78, 5) is 0. The number of benzene rings is 10. The highest BCUT2D eigenvalue weighted by Gasteiger charge is 2.17. The van der Waals surface area contributed by atoms with Crippen molar-refractivity contribution in [1.29, 1.82) is 0 Å². The van der Waals surface area contributed by atoms with Gasteiger partial charge in [0.25, 0.3) is 0 Å². The first-order valence-corrected chi connectivity index (χ1v) is 17.7. The van der Waals surface area contributed by atoms with Crippen LogP contribution >= 0.6 is 11.3 Å². The Labute approximate surface area is 287 Å². The lowest BCUT2D eigenvalue weighted by molar-refractivity contribution is 1.73. The highest BCUT2D eigenvalue weighted by atomic mass is 32.1. The van der Waals surface area contributed by atoms with Gasteiger partial charge in [-0.3, -0.25) is 0 Å². The first-order chi connectivity index (χ1) is 24.3. The minimum Gasteiger partial charge on any atom is -0.135 e. The zero-order valence-corrected chi connectivity index (χ0v) is 27.4. The zero-order valence-electron chi connectivity index (χ0n) is 26.6. The van der Waals surface area contributed by atoms with Gasteiger partial charge in [0, 0.05) is 20.2 Å². The Kier molecular flexibility index (Phi) is 5.64. The molecule has 11 aromatic rings. The molecule has 226 valence electrons. The highest BCUT2D eigenvalue weighted by molar-refractivity contribution is 7.25. The molecule has 0 saturated heterocycles. The van der Waals surface area contributed by atoms with Crippen LogP contribution in [0.15, 0.2) is 170 Å². The lowest BCUT2D eigenvalue weighted by Crippen LogP contribution is -1.87. The minimum atomic E-state index is 1.26. The second kappa shape index (κ2) is 10.2. The van der Waals surface area contributed by atoms with E-state index in [1.54, 1.807) is 0 Å². The van der Waals surface area contributed by atoms with Crippen molar-refractivity contribution in [3.63, 3.8) is 0 Å². The van der Waals surface area contributed by atoms with Crippen molar-refractivity contribution < 1.29 is 0 Å². The topological polar surface area (TPSA) is 0 Å². The van der Waals surface area contributed by atoms with Crippen molar-refractivity contribution in [2.75, 3.05) is 0 Å². The second-order valence-electron chi connectivity index (χ2n) is 13.2. The van der Waals surface area contributed by atoms with Crippen LogP contribution in [0.25, 0.3) is 107 Å². The predicted molar refractivity (Wildman–Crippen MR) is 215 cm³/mol. The molecule has 49 heavy (non-hydrogen) atoms. The maximum atomic E-state index is 2.45. The van der Waals surface area contributed by atoms with Gasteiger partial charge in [0.15, 0.2) is 0 Å².